The van der Waals surface area contributed by atoms with Crippen molar-refractivity contribution in [1.29, 1.82) is 0 Å². The average Bonchev–Trinajstić information content (AvgIpc) is 2.25. The van der Waals surface area contributed by atoms with Crippen LogP contribution in [0, 0.1) is 0 Å². The van der Waals surface area contributed by atoms with Gasteiger partial charge in [0.15, 0.2) is 0 Å². The second-order valence-corrected chi connectivity index (χ2v) is 2.93. The summed E-state index contributed by atoms with van der Waals surface area (Å²) in [4.78, 5) is 15.2. The van der Waals surface area contributed by atoms with Gasteiger partial charge in [0.2, 0.25) is 0 Å². The molecule has 0 bridgehead atoms. The maximum Gasteiger partial charge on any atom is 0.252 e. The predicted molar refractivity (Wildman–Crippen MR) is 52.9 cm³/mol. The first kappa shape index (κ1) is 10.7. The van der Waals surface area contributed by atoms with Crippen LogP contribution in [-0.2, 0) is 0 Å². The SMILES string of the molecule is O=C(NCCCCO)c1cccnc1. The van der Waals surface area contributed by atoms with Crippen LogP contribution >= 0.6 is 0 Å². The molecule has 1 heterocycles. The van der Waals surface area contributed by atoms with Gasteiger partial charge < -0.3 is 10.4 Å². The fraction of sp³-hybridized carbons (Fsp3) is 0.400. The van der Waals surface area contributed by atoms with E-state index in [0.29, 0.717) is 18.5 Å². The number of aliphatic hydroxyl groups excluding tert-OH is 1. The molecule has 0 aliphatic rings. The fourth-order valence-electron chi connectivity index (χ4n) is 1.04. The highest BCUT2D eigenvalue weighted by Crippen LogP contribution is 1.95. The highest BCUT2D eigenvalue weighted by molar-refractivity contribution is 5.93. The van der Waals surface area contributed by atoms with Crippen molar-refractivity contribution in [1.82, 2.24) is 10.3 Å². The number of aromatic nitrogens is 1. The minimum Gasteiger partial charge on any atom is -0.396 e. The molecular formula is C10H14N2O2. The molecule has 0 aliphatic carbocycles. The summed E-state index contributed by atoms with van der Waals surface area (Å²) in [6.45, 7) is 0.761. The van der Waals surface area contributed by atoms with Crippen LogP contribution in [0.5, 0.6) is 0 Å². The summed E-state index contributed by atoms with van der Waals surface area (Å²) < 4.78 is 0. The Bertz CT molecular complexity index is 275. The summed E-state index contributed by atoms with van der Waals surface area (Å²) in [6.07, 6.45) is 4.67. The Morgan fingerprint density at radius 1 is 1.50 bits per heavy atom. The van der Waals surface area contributed by atoms with Crippen LogP contribution in [0.4, 0.5) is 0 Å². The molecule has 14 heavy (non-hydrogen) atoms. The van der Waals surface area contributed by atoms with Crippen LogP contribution in [-0.4, -0.2) is 29.1 Å². The smallest absolute Gasteiger partial charge is 0.252 e. The first-order valence-electron chi connectivity index (χ1n) is 4.63. The minimum absolute atomic E-state index is 0.115. The largest absolute Gasteiger partial charge is 0.396 e. The van der Waals surface area contributed by atoms with E-state index in [1.165, 1.54) is 6.20 Å². The number of hydrogen-bond acceptors (Lipinski definition) is 3. The molecule has 2 N–H and O–H groups in total. The second-order valence-electron chi connectivity index (χ2n) is 2.93. The van der Waals surface area contributed by atoms with Crippen LogP contribution in [0.15, 0.2) is 24.5 Å². The topological polar surface area (TPSA) is 62.2 Å². The number of unbranched alkanes of at least 4 members (excludes halogenated alkanes) is 1. The van der Waals surface area contributed by atoms with Gasteiger partial charge in [-0.15, -0.1) is 0 Å². The number of nitrogens with zero attached hydrogens (tertiary/aromatic N) is 1. The Balaban J connectivity index is 2.29. The van der Waals surface area contributed by atoms with Gasteiger partial charge in [-0.1, -0.05) is 0 Å². The average molecular weight is 194 g/mol. The number of pyridine rings is 1. The lowest BCUT2D eigenvalue weighted by Gasteiger charge is -2.03. The number of carbonyl (C=O) groups is 1. The molecule has 0 aromatic carbocycles. The van der Waals surface area contributed by atoms with Gasteiger partial charge in [-0.2, -0.15) is 0 Å². The van der Waals surface area contributed by atoms with Gasteiger partial charge >= 0.3 is 0 Å². The molecule has 0 aliphatic heterocycles. The first-order valence-corrected chi connectivity index (χ1v) is 4.63. The molecule has 0 unspecified atom stereocenters. The van der Waals surface area contributed by atoms with Gasteiger partial charge in [-0.05, 0) is 25.0 Å². The molecule has 1 aromatic rings. The van der Waals surface area contributed by atoms with Crippen LogP contribution in [0.2, 0.25) is 0 Å². The summed E-state index contributed by atoms with van der Waals surface area (Å²) in [5, 5.41) is 11.3. The van der Waals surface area contributed by atoms with E-state index in [0.717, 1.165) is 6.42 Å². The van der Waals surface area contributed by atoms with Crippen LogP contribution in [0.25, 0.3) is 0 Å². The zero-order valence-corrected chi connectivity index (χ0v) is 7.94. The Labute approximate surface area is 83.0 Å². The molecule has 1 rings (SSSR count). The molecule has 4 heteroatoms. The zero-order chi connectivity index (χ0) is 10.2. The van der Waals surface area contributed by atoms with Gasteiger partial charge in [-0.25, -0.2) is 0 Å². The molecule has 4 nitrogen and oxygen atoms in total. The van der Waals surface area contributed by atoms with Crippen LogP contribution in [0.3, 0.4) is 0 Å². The Morgan fingerprint density at radius 2 is 2.36 bits per heavy atom. The lowest BCUT2D eigenvalue weighted by Crippen LogP contribution is -2.24. The molecule has 0 spiro atoms. The summed E-state index contributed by atoms with van der Waals surface area (Å²) in [5.74, 6) is -0.115. The van der Waals surface area contributed by atoms with Gasteiger partial charge in [0.25, 0.3) is 5.91 Å². The van der Waals surface area contributed by atoms with Crippen molar-refractivity contribution >= 4 is 5.91 Å². The van der Waals surface area contributed by atoms with E-state index in [4.69, 9.17) is 5.11 Å². The third-order valence-corrected chi connectivity index (χ3v) is 1.79. The van der Waals surface area contributed by atoms with Crippen molar-refractivity contribution in [3.8, 4) is 0 Å². The Kier molecular flexibility index (Phi) is 4.64. The highest BCUT2D eigenvalue weighted by Gasteiger charge is 2.02. The van der Waals surface area contributed by atoms with Crippen molar-refractivity contribution in [3.63, 3.8) is 0 Å². The number of aliphatic hydroxyl groups is 1. The number of hydrogen-bond donors (Lipinski definition) is 2. The molecular weight excluding hydrogens is 180 g/mol. The Morgan fingerprint density at radius 3 is 3.00 bits per heavy atom. The quantitative estimate of drug-likeness (QED) is 0.674. The van der Waals surface area contributed by atoms with Crippen LogP contribution in [0.1, 0.15) is 23.2 Å². The van der Waals surface area contributed by atoms with E-state index in [2.05, 4.69) is 10.3 Å². The van der Waals surface area contributed by atoms with Gasteiger partial charge in [0, 0.05) is 25.5 Å². The van der Waals surface area contributed by atoms with E-state index >= 15 is 0 Å². The molecule has 0 radical (unpaired) electrons. The maximum absolute atomic E-state index is 11.4. The standard InChI is InChI=1S/C10H14N2O2/c13-7-2-1-6-12-10(14)9-4-3-5-11-8-9/h3-5,8,13H,1-2,6-7H2,(H,12,14). The number of carbonyl (C=O) groups excluding carboxylic acids is 1. The minimum atomic E-state index is -0.115. The zero-order valence-electron chi connectivity index (χ0n) is 7.94. The first-order chi connectivity index (χ1) is 6.84. The lowest BCUT2D eigenvalue weighted by atomic mass is 10.2. The summed E-state index contributed by atoms with van der Waals surface area (Å²) in [5.41, 5.74) is 0.566. The van der Waals surface area contributed by atoms with Crippen molar-refractivity contribution in [2.45, 2.75) is 12.8 Å². The maximum atomic E-state index is 11.4. The van der Waals surface area contributed by atoms with Gasteiger partial charge in [-0.3, -0.25) is 9.78 Å². The predicted octanol–water partition coefficient (Wildman–Crippen LogP) is 0.584. The highest BCUT2D eigenvalue weighted by atomic mass is 16.2. The van der Waals surface area contributed by atoms with Crippen molar-refractivity contribution in [2.24, 2.45) is 0 Å². The van der Waals surface area contributed by atoms with E-state index in [1.54, 1.807) is 18.3 Å². The summed E-state index contributed by atoms with van der Waals surface area (Å²) in [6, 6.07) is 3.44. The summed E-state index contributed by atoms with van der Waals surface area (Å²) >= 11 is 0. The van der Waals surface area contributed by atoms with Crippen molar-refractivity contribution in [3.05, 3.63) is 30.1 Å². The monoisotopic (exact) mass is 194 g/mol. The van der Waals surface area contributed by atoms with Gasteiger partial charge in [0.05, 0.1) is 5.56 Å². The van der Waals surface area contributed by atoms with E-state index < -0.39 is 0 Å². The molecule has 0 saturated heterocycles. The van der Waals surface area contributed by atoms with Crippen molar-refractivity contribution < 1.29 is 9.90 Å². The molecule has 76 valence electrons. The third kappa shape index (κ3) is 3.53. The third-order valence-electron chi connectivity index (χ3n) is 1.79. The van der Waals surface area contributed by atoms with Gasteiger partial charge in [0.1, 0.15) is 0 Å². The second kappa shape index (κ2) is 6.10. The molecule has 1 amide bonds. The fourth-order valence-corrected chi connectivity index (χ4v) is 1.04. The molecule has 1 aromatic heterocycles. The normalized spacial score (nSPS) is 9.79. The van der Waals surface area contributed by atoms with E-state index in [9.17, 15) is 4.79 Å². The van der Waals surface area contributed by atoms with E-state index in [1.807, 2.05) is 0 Å². The summed E-state index contributed by atoms with van der Waals surface area (Å²) in [7, 11) is 0. The Hall–Kier alpha value is -1.42. The van der Waals surface area contributed by atoms with Crippen molar-refractivity contribution in [2.75, 3.05) is 13.2 Å². The lowest BCUT2D eigenvalue weighted by molar-refractivity contribution is 0.0951. The molecule has 0 saturated carbocycles. The number of amides is 1. The number of nitrogens with one attached hydrogen (secondary N) is 1. The number of rotatable bonds is 5. The van der Waals surface area contributed by atoms with Crippen LogP contribution < -0.4 is 5.32 Å². The van der Waals surface area contributed by atoms with E-state index in [-0.39, 0.29) is 12.5 Å². The molecule has 0 atom stereocenters. The molecule has 0 fully saturated rings.